The molecule has 0 radical (unpaired) electrons. The first-order chi connectivity index (χ1) is 16.5. The van der Waals surface area contributed by atoms with Gasteiger partial charge in [0.05, 0.1) is 10.5 Å². The molecule has 0 saturated heterocycles. The van der Waals surface area contributed by atoms with E-state index >= 15 is 0 Å². The van der Waals surface area contributed by atoms with E-state index < -0.39 is 5.60 Å². The average molecular weight is 493 g/mol. The minimum absolute atomic E-state index is 0.201. The summed E-state index contributed by atoms with van der Waals surface area (Å²) in [5, 5.41) is 14.5. The topological polar surface area (TPSA) is 109 Å². The van der Waals surface area contributed by atoms with E-state index in [-0.39, 0.29) is 17.5 Å². The van der Waals surface area contributed by atoms with Crippen LogP contribution in [0.3, 0.4) is 0 Å². The van der Waals surface area contributed by atoms with Crippen LogP contribution < -0.4 is 15.6 Å². The highest BCUT2D eigenvalue weighted by Gasteiger charge is 2.30. The Morgan fingerprint density at radius 2 is 2.09 bits per heavy atom. The van der Waals surface area contributed by atoms with Crippen molar-refractivity contribution in [1.29, 1.82) is 0 Å². The molecule has 0 aromatic carbocycles. The fourth-order valence-corrected chi connectivity index (χ4v) is 5.44. The molecule has 1 fully saturated rings. The molecule has 1 aliphatic rings. The van der Waals surface area contributed by atoms with E-state index in [2.05, 4.69) is 15.3 Å². The molecule has 0 spiro atoms. The molecule has 1 amide bonds. The Morgan fingerprint density at radius 3 is 2.74 bits per heavy atom. The number of nitrogens with zero attached hydrogens (tertiary/aromatic N) is 2. The fourth-order valence-electron chi connectivity index (χ4n) is 4.18. The minimum Gasteiger partial charge on any atom is -0.437 e. The van der Waals surface area contributed by atoms with Gasteiger partial charge in [0.1, 0.15) is 11.2 Å². The molecule has 4 aromatic heterocycles. The smallest absolute Gasteiger partial charge is 0.274 e. The summed E-state index contributed by atoms with van der Waals surface area (Å²) in [6, 6.07) is 5.68. The first-order valence-electron chi connectivity index (χ1n) is 11.5. The molecule has 0 atom stereocenters. The Kier molecular flexibility index (Phi) is 5.56. The van der Waals surface area contributed by atoms with Crippen molar-refractivity contribution in [2.75, 3.05) is 0 Å². The third kappa shape index (κ3) is 4.26. The Bertz CT molecular complexity index is 1520. The molecule has 9 heteroatoms. The quantitative estimate of drug-likeness (QED) is 0.367. The van der Waals surface area contributed by atoms with Crippen molar-refractivity contribution in [3.8, 4) is 22.1 Å². The molecule has 35 heavy (non-hydrogen) atoms. The van der Waals surface area contributed by atoms with E-state index in [0.717, 1.165) is 39.3 Å². The van der Waals surface area contributed by atoms with Crippen molar-refractivity contribution in [3.63, 3.8) is 0 Å². The highest BCUT2D eigenvalue weighted by atomic mass is 32.1. The van der Waals surface area contributed by atoms with Crippen LogP contribution in [-0.4, -0.2) is 31.6 Å². The minimum atomic E-state index is -1.10. The van der Waals surface area contributed by atoms with Gasteiger partial charge in [0.2, 0.25) is 5.88 Å². The van der Waals surface area contributed by atoms with E-state index in [0.29, 0.717) is 28.2 Å². The lowest BCUT2D eigenvalue weighted by Gasteiger charge is -2.16. The number of nitrogens with one attached hydrogen (secondary N) is 2. The van der Waals surface area contributed by atoms with E-state index in [1.165, 1.54) is 15.9 Å². The molecule has 0 unspecified atom stereocenters. The number of fused-ring (bicyclic) bond motifs is 1. The number of hydrogen-bond donors (Lipinski definition) is 3. The first kappa shape index (κ1) is 23.3. The summed E-state index contributed by atoms with van der Waals surface area (Å²) in [5.41, 5.74) is 1.77. The number of ether oxygens (including phenoxy) is 1. The van der Waals surface area contributed by atoms with Crippen LogP contribution in [-0.2, 0) is 12.6 Å². The zero-order valence-corrected chi connectivity index (χ0v) is 21.2. The van der Waals surface area contributed by atoms with Crippen LogP contribution in [0.4, 0.5) is 0 Å². The van der Waals surface area contributed by atoms with Crippen molar-refractivity contribution < 1.29 is 14.6 Å². The maximum Gasteiger partial charge on any atom is 0.274 e. The lowest BCUT2D eigenvalue weighted by molar-refractivity contribution is 0.0817. The number of rotatable bonds is 6. The number of pyridine rings is 2. The molecule has 4 heterocycles. The molecule has 5 rings (SSSR count). The number of carbonyl (C=O) groups excluding carboxylic acids is 1. The van der Waals surface area contributed by atoms with Crippen molar-refractivity contribution in [2.45, 2.75) is 52.2 Å². The van der Waals surface area contributed by atoms with Gasteiger partial charge in [0, 0.05) is 52.4 Å². The van der Waals surface area contributed by atoms with Gasteiger partial charge in [-0.3, -0.25) is 9.59 Å². The normalized spacial score (nSPS) is 13.9. The average Bonchev–Trinajstić information content (AvgIpc) is 3.38. The summed E-state index contributed by atoms with van der Waals surface area (Å²) >= 11 is 1.41. The summed E-state index contributed by atoms with van der Waals surface area (Å²) in [6.45, 7) is 7.30. The number of thiophene rings is 1. The van der Waals surface area contributed by atoms with Crippen LogP contribution in [0.5, 0.6) is 11.6 Å². The summed E-state index contributed by atoms with van der Waals surface area (Å²) in [5.74, 6) is 0.812. The maximum atomic E-state index is 13.0. The second-order valence-corrected chi connectivity index (χ2v) is 10.7. The number of hydrogen-bond acceptors (Lipinski definition) is 6. The predicted molar refractivity (Wildman–Crippen MR) is 136 cm³/mol. The summed E-state index contributed by atoms with van der Waals surface area (Å²) in [7, 11) is 1.68. The standard InChI is InChI=1S/C26H28N4O4S/c1-13-7-6-10-27-24(13)34-20-14(2)22(26(3,4)33)35-21(20)17-12-30(5)25(32)19-16(17)11-18(29-19)23(31)28-15-8-9-15/h6-7,10-12,15,29,33H,8-9H2,1-5H3,(H,28,31). The van der Waals surface area contributed by atoms with Crippen LogP contribution in [0, 0.1) is 13.8 Å². The number of H-pyrrole nitrogens is 1. The van der Waals surface area contributed by atoms with Gasteiger partial charge in [-0.05, 0) is 52.7 Å². The van der Waals surface area contributed by atoms with Gasteiger partial charge in [-0.1, -0.05) is 6.07 Å². The summed E-state index contributed by atoms with van der Waals surface area (Å²) in [4.78, 5) is 34.6. The summed E-state index contributed by atoms with van der Waals surface area (Å²) < 4.78 is 7.84. The molecule has 3 N–H and O–H groups in total. The van der Waals surface area contributed by atoms with Gasteiger partial charge in [0.15, 0.2) is 5.75 Å². The van der Waals surface area contributed by atoms with Crippen molar-refractivity contribution in [1.82, 2.24) is 19.9 Å². The highest BCUT2D eigenvalue weighted by molar-refractivity contribution is 7.16. The number of aryl methyl sites for hydroxylation is 2. The van der Waals surface area contributed by atoms with Crippen LogP contribution in [0.15, 0.2) is 35.4 Å². The maximum absolute atomic E-state index is 13.0. The first-order valence-corrected chi connectivity index (χ1v) is 12.4. The van der Waals surface area contributed by atoms with E-state index in [9.17, 15) is 14.7 Å². The molecular weight excluding hydrogens is 464 g/mol. The lowest BCUT2D eigenvalue weighted by atomic mass is 10.0. The Labute approximate surface area is 206 Å². The number of amides is 1. The van der Waals surface area contributed by atoms with E-state index in [4.69, 9.17) is 4.74 Å². The van der Waals surface area contributed by atoms with Gasteiger partial charge in [-0.2, -0.15) is 0 Å². The monoisotopic (exact) mass is 492 g/mol. The van der Waals surface area contributed by atoms with E-state index in [1.807, 2.05) is 26.0 Å². The van der Waals surface area contributed by atoms with Crippen molar-refractivity contribution in [3.05, 3.63) is 62.6 Å². The summed E-state index contributed by atoms with van der Waals surface area (Å²) in [6.07, 6.45) is 5.36. The van der Waals surface area contributed by atoms with E-state index in [1.54, 1.807) is 39.4 Å². The second kappa shape index (κ2) is 8.35. The van der Waals surface area contributed by atoms with Crippen LogP contribution in [0.2, 0.25) is 0 Å². The number of aromatic nitrogens is 3. The van der Waals surface area contributed by atoms with Crippen molar-refractivity contribution in [2.24, 2.45) is 7.05 Å². The molecule has 0 bridgehead atoms. The van der Waals surface area contributed by atoms with Crippen LogP contribution in [0.25, 0.3) is 21.3 Å². The van der Waals surface area contributed by atoms with Gasteiger partial charge in [-0.15, -0.1) is 11.3 Å². The molecule has 1 saturated carbocycles. The lowest BCUT2D eigenvalue weighted by Crippen LogP contribution is -2.25. The molecule has 8 nitrogen and oxygen atoms in total. The fraction of sp³-hybridized carbons (Fsp3) is 0.346. The molecular formula is C26H28N4O4S. The number of carbonyl (C=O) groups is 1. The molecule has 4 aromatic rings. The zero-order chi connectivity index (χ0) is 25.1. The SMILES string of the molecule is Cc1cccnc1Oc1c(-c2cn(C)c(=O)c3[nH]c(C(=O)NC4CC4)cc23)sc(C(C)(C)O)c1C. The van der Waals surface area contributed by atoms with Crippen molar-refractivity contribution >= 4 is 28.1 Å². The third-order valence-corrected chi connectivity index (χ3v) is 7.79. The van der Waals surface area contributed by atoms with Gasteiger partial charge in [-0.25, -0.2) is 4.98 Å². The molecule has 1 aliphatic carbocycles. The largest absolute Gasteiger partial charge is 0.437 e. The Hall–Kier alpha value is -3.43. The highest BCUT2D eigenvalue weighted by Crippen LogP contribution is 2.49. The zero-order valence-electron chi connectivity index (χ0n) is 20.4. The molecule has 182 valence electrons. The van der Waals surface area contributed by atoms with Gasteiger partial charge < -0.3 is 24.7 Å². The number of aromatic amines is 1. The van der Waals surface area contributed by atoms with Gasteiger partial charge in [0.25, 0.3) is 11.5 Å². The Balaban J connectivity index is 1.73. The van der Waals surface area contributed by atoms with Crippen LogP contribution >= 0.6 is 11.3 Å². The predicted octanol–water partition coefficient (Wildman–Crippen LogP) is 4.52. The third-order valence-electron chi connectivity index (χ3n) is 6.17. The molecule has 0 aliphatic heterocycles. The number of aliphatic hydroxyl groups is 1. The van der Waals surface area contributed by atoms with Gasteiger partial charge >= 0.3 is 0 Å². The second-order valence-electron chi connectivity index (χ2n) is 9.68. The Morgan fingerprint density at radius 1 is 1.34 bits per heavy atom. The van der Waals surface area contributed by atoms with Crippen LogP contribution in [0.1, 0.15) is 53.2 Å².